The molecule has 0 aliphatic heterocycles. The van der Waals surface area contributed by atoms with Crippen LogP contribution in [0.15, 0.2) is 11.0 Å². The number of thioether (sulfide) groups is 1. The van der Waals surface area contributed by atoms with Crippen LogP contribution in [0.2, 0.25) is 0 Å². The van der Waals surface area contributed by atoms with Gasteiger partial charge in [0.05, 0.1) is 24.9 Å². The molecule has 0 aromatic heterocycles. The van der Waals surface area contributed by atoms with Crippen LogP contribution in [0, 0.1) is 0 Å². The first-order valence-electron chi connectivity index (χ1n) is 4.52. The lowest BCUT2D eigenvalue weighted by Crippen LogP contribution is -1.99. The number of aliphatic carboxylic acids is 1. The third kappa shape index (κ3) is 2.88. The first-order chi connectivity index (χ1) is 8.01. The van der Waals surface area contributed by atoms with Crippen molar-refractivity contribution in [3.8, 4) is 23.0 Å². The van der Waals surface area contributed by atoms with Crippen molar-refractivity contribution in [1.82, 2.24) is 0 Å². The van der Waals surface area contributed by atoms with Crippen LogP contribution in [0.25, 0.3) is 0 Å². The number of hydrogen-bond acceptors (Lipinski definition) is 6. The van der Waals surface area contributed by atoms with E-state index in [9.17, 15) is 15.0 Å². The molecular weight excluding hydrogens is 248 g/mol. The number of rotatable bonds is 5. The highest BCUT2D eigenvalue weighted by Gasteiger charge is 2.20. The summed E-state index contributed by atoms with van der Waals surface area (Å²) in [6, 6.07) is 1.19. The van der Waals surface area contributed by atoms with Crippen LogP contribution < -0.4 is 9.47 Å². The highest BCUT2D eigenvalue weighted by atomic mass is 32.2. The molecule has 0 bridgehead atoms. The van der Waals surface area contributed by atoms with Crippen molar-refractivity contribution in [2.24, 2.45) is 0 Å². The van der Waals surface area contributed by atoms with Crippen molar-refractivity contribution in [2.75, 3.05) is 20.0 Å². The van der Waals surface area contributed by atoms with Crippen LogP contribution in [-0.4, -0.2) is 41.3 Å². The van der Waals surface area contributed by atoms with Crippen molar-refractivity contribution in [3.63, 3.8) is 0 Å². The molecule has 0 amide bonds. The number of hydrogen-bond donors (Lipinski definition) is 3. The van der Waals surface area contributed by atoms with Gasteiger partial charge in [0.2, 0.25) is 0 Å². The Kier molecular flexibility index (Phi) is 4.33. The van der Waals surface area contributed by atoms with Crippen molar-refractivity contribution >= 4 is 17.7 Å². The van der Waals surface area contributed by atoms with E-state index in [4.69, 9.17) is 14.6 Å². The molecule has 0 saturated carbocycles. The standard InChI is InChI=1S/C10H12O6S/c1-15-6-3-5(11)9(16-2)10(8(6)14)17-4-7(12)13/h3,11,14H,4H2,1-2H3,(H,12,13). The van der Waals surface area contributed by atoms with Gasteiger partial charge in [-0.1, -0.05) is 0 Å². The van der Waals surface area contributed by atoms with Gasteiger partial charge in [0.1, 0.15) is 0 Å². The van der Waals surface area contributed by atoms with E-state index in [0.717, 1.165) is 11.8 Å². The van der Waals surface area contributed by atoms with Crippen LogP contribution in [0.1, 0.15) is 0 Å². The van der Waals surface area contributed by atoms with Crippen molar-refractivity contribution in [1.29, 1.82) is 0 Å². The summed E-state index contributed by atoms with van der Waals surface area (Å²) in [5, 5.41) is 28.0. The predicted octanol–water partition coefficient (Wildman–Crippen LogP) is 1.29. The zero-order valence-corrected chi connectivity index (χ0v) is 10.1. The van der Waals surface area contributed by atoms with Crippen molar-refractivity contribution in [3.05, 3.63) is 6.07 Å². The summed E-state index contributed by atoms with van der Waals surface area (Å²) in [5.74, 6) is -1.72. The molecule has 0 unspecified atom stereocenters. The first kappa shape index (κ1) is 13.3. The molecule has 0 fully saturated rings. The SMILES string of the molecule is COc1cc(O)c(OC)c(SCC(=O)O)c1O. The Morgan fingerprint density at radius 3 is 2.47 bits per heavy atom. The maximum atomic E-state index is 10.5. The van der Waals surface area contributed by atoms with Gasteiger partial charge in [-0.3, -0.25) is 4.79 Å². The molecular formula is C10H12O6S. The minimum atomic E-state index is -1.04. The van der Waals surface area contributed by atoms with Crippen molar-refractivity contribution in [2.45, 2.75) is 4.90 Å². The molecule has 17 heavy (non-hydrogen) atoms. The number of benzene rings is 1. The lowest BCUT2D eigenvalue weighted by molar-refractivity contribution is -0.133. The van der Waals surface area contributed by atoms with Crippen LogP contribution >= 0.6 is 11.8 Å². The fraction of sp³-hybridized carbons (Fsp3) is 0.300. The third-order valence-corrected chi connectivity index (χ3v) is 2.98. The van der Waals surface area contributed by atoms with Gasteiger partial charge in [0.15, 0.2) is 23.0 Å². The average molecular weight is 260 g/mol. The van der Waals surface area contributed by atoms with Crippen LogP contribution in [0.3, 0.4) is 0 Å². The Morgan fingerprint density at radius 1 is 1.35 bits per heavy atom. The maximum absolute atomic E-state index is 10.5. The second kappa shape index (κ2) is 5.53. The number of ether oxygens (including phenoxy) is 2. The van der Waals surface area contributed by atoms with Gasteiger partial charge in [0.25, 0.3) is 0 Å². The van der Waals surface area contributed by atoms with E-state index >= 15 is 0 Å². The van der Waals surface area contributed by atoms with Gasteiger partial charge < -0.3 is 24.8 Å². The van der Waals surface area contributed by atoms with Crippen molar-refractivity contribution < 1.29 is 29.6 Å². The second-order valence-electron chi connectivity index (χ2n) is 2.99. The zero-order valence-electron chi connectivity index (χ0n) is 9.26. The molecule has 3 N–H and O–H groups in total. The Hall–Kier alpha value is -1.76. The Morgan fingerprint density at radius 2 is 2.00 bits per heavy atom. The van der Waals surface area contributed by atoms with Crippen LogP contribution in [-0.2, 0) is 4.79 Å². The summed E-state index contributed by atoms with van der Waals surface area (Å²) in [6.07, 6.45) is 0. The van der Waals surface area contributed by atoms with Gasteiger partial charge in [-0.2, -0.15) is 0 Å². The number of carboxylic acids is 1. The van der Waals surface area contributed by atoms with Gasteiger partial charge in [-0.25, -0.2) is 0 Å². The summed E-state index contributed by atoms with van der Waals surface area (Å²) in [6.45, 7) is 0. The second-order valence-corrected chi connectivity index (χ2v) is 3.98. The summed E-state index contributed by atoms with van der Waals surface area (Å²) < 4.78 is 9.76. The molecule has 7 heteroatoms. The molecule has 1 rings (SSSR count). The maximum Gasteiger partial charge on any atom is 0.313 e. The number of carbonyl (C=O) groups is 1. The fourth-order valence-electron chi connectivity index (χ4n) is 1.21. The van der Waals surface area contributed by atoms with E-state index < -0.39 is 5.97 Å². The first-order valence-corrected chi connectivity index (χ1v) is 5.51. The molecule has 0 aliphatic carbocycles. The number of aromatic hydroxyl groups is 2. The van der Waals surface area contributed by atoms with Gasteiger partial charge in [-0.05, 0) is 0 Å². The lowest BCUT2D eigenvalue weighted by Gasteiger charge is -2.13. The number of phenolic OH excluding ortho intramolecular Hbond substituents is 2. The molecule has 0 radical (unpaired) electrons. The monoisotopic (exact) mass is 260 g/mol. The minimum absolute atomic E-state index is 0.0227. The van der Waals surface area contributed by atoms with Gasteiger partial charge in [-0.15, -0.1) is 11.8 Å². The molecule has 1 aromatic rings. The average Bonchev–Trinajstić information content (AvgIpc) is 2.29. The molecule has 0 heterocycles. The van der Waals surface area contributed by atoms with E-state index in [0.29, 0.717) is 0 Å². The molecule has 1 aromatic carbocycles. The minimum Gasteiger partial charge on any atom is -0.504 e. The van der Waals surface area contributed by atoms with Gasteiger partial charge >= 0.3 is 5.97 Å². The van der Waals surface area contributed by atoms with E-state index in [2.05, 4.69) is 0 Å². The predicted molar refractivity (Wildman–Crippen MR) is 61.2 cm³/mol. The highest BCUT2D eigenvalue weighted by molar-refractivity contribution is 8.00. The van der Waals surface area contributed by atoms with Crippen LogP contribution in [0.5, 0.6) is 23.0 Å². The molecule has 0 atom stereocenters. The molecule has 94 valence electrons. The number of methoxy groups -OCH3 is 2. The van der Waals surface area contributed by atoms with E-state index in [-0.39, 0.29) is 33.6 Å². The summed E-state index contributed by atoms with van der Waals surface area (Å²) in [7, 11) is 2.64. The highest BCUT2D eigenvalue weighted by Crippen LogP contribution is 2.48. The normalized spacial score (nSPS) is 10.0. The summed E-state index contributed by atoms with van der Waals surface area (Å²) in [4.78, 5) is 10.6. The fourth-order valence-corrected chi connectivity index (χ4v) is 2.04. The summed E-state index contributed by atoms with van der Waals surface area (Å²) in [5.41, 5.74) is 0. The van der Waals surface area contributed by atoms with Crippen LogP contribution in [0.4, 0.5) is 0 Å². The topological polar surface area (TPSA) is 96.2 Å². The van der Waals surface area contributed by atoms with E-state index in [1.807, 2.05) is 0 Å². The lowest BCUT2D eigenvalue weighted by atomic mass is 10.2. The molecule has 6 nitrogen and oxygen atoms in total. The number of carboxylic acid groups (broad SMARTS) is 1. The van der Waals surface area contributed by atoms with Gasteiger partial charge in [0, 0.05) is 6.07 Å². The third-order valence-electron chi connectivity index (χ3n) is 1.92. The Bertz CT molecular complexity index is 431. The smallest absolute Gasteiger partial charge is 0.313 e. The summed E-state index contributed by atoms with van der Waals surface area (Å²) >= 11 is 0.836. The van der Waals surface area contributed by atoms with E-state index in [1.165, 1.54) is 20.3 Å². The van der Waals surface area contributed by atoms with E-state index in [1.54, 1.807) is 0 Å². The zero-order chi connectivity index (χ0) is 13.0. The molecule has 0 spiro atoms. The quantitative estimate of drug-likeness (QED) is 0.542. The molecule has 0 saturated heterocycles. The molecule has 0 aliphatic rings. The Balaban J connectivity index is 3.22. The number of phenols is 2. The Labute approximate surface area is 102 Å². The largest absolute Gasteiger partial charge is 0.504 e.